The zero-order chi connectivity index (χ0) is 20.6. The summed E-state index contributed by atoms with van der Waals surface area (Å²) in [5.74, 6) is -0.327. The molecule has 0 aliphatic carbocycles. The Bertz CT molecular complexity index is 491. The van der Waals surface area contributed by atoms with Gasteiger partial charge in [-0.2, -0.15) is 0 Å². The molecule has 154 valence electrons. The summed E-state index contributed by atoms with van der Waals surface area (Å²) < 4.78 is 24.3. The van der Waals surface area contributed by atoms with E-state index in [-0.39, 0.29) is 28.3 Å². The highest BCUT2D eigenvalue weighted by atomic mass is 28.4. The second-order valence-corrected chi connectivity index (χ2v) is 20.0. The molecule has 0 aromatic carbocycles. The Balaban J connectivity index is 2.88. The number of carbonyl (C=O) groups excluding carboxylic acids is 1. The monoisotopic (exact) mass is 404 g/mol. The van der Waals surface area contributed by atoms with Crippen molar-refractivity contribution in [3.8, 4) is 0 Å². The molecule has 5 nitrogen and oxygen atoms in total. The fraction of sp³-hybridized carbons (Fsp3) is 0.947. The molecule has 1 saturated heterocycles. The molecule has 1 fully saturated rings. The molecule has 26 heavy (non-hydrogen) atoms. The van der Waals surface area contributed by atoms with Crippen molar-refractivity contribution in [1.29, 1.82) is 0 Å². The van der Waals surface area contributed by atoms with Crippen LogP contribution in [-0.4, -0.2) is 47.7 Å². The van der Waals surface area contributed by atoms with Gasteiger partial charge < -0.3 is 18.3 Å². The van der Waals surface area contributed by atoms with Crippen LogP contribution >= 0.6 is 0 Å². The number of esters is 1. The van der Waals surface area contributed by atoms with Crippen LogP contribution in [0.4, 0.5) is 0 Å². The summed E-state index contributed by atoms with van der Waals surface area (Å²) in [6, 6.07) is 0. The zero-order valence-electron chi connectivity index (χ0n) is 18.7. The Kier molecular flexibility index (Phi) is 7.36. The molecule has 0 saturated carbocycles. The van der Waals surface area contributed by atoms with Gasteiger partial charge in [0.05, 0.1) is 12.7 Å². The molecule has 0 bridgehead atoms. The Morgan fingerprint density at radius 1 is 1.00 bits per heavy atom. The third-order valence-corrected chi connectivity index (χ3v) is 15.1. The normalized spacial score (nSPS) is 25.4. The maximum Gasteiger partial charge on any atom is 0.304 e. The molecule has 1 rings (SSSR count). The Morgan fingerprint density at radius 3 is 1.92 bits per heavy atom. The van der Waals surface area contributed by atoms with E-state index in [1.807, 2.05) is 0 Å². The lowest BCUT2D eigenvalue weighted by atomic mass is 10.2. The number of rotatable bonds is 6. The standard InChI is InChI=1S/C19H40O5Si2/c1-14(20)22-17-12-15(24-26(10,11)19(5,6)7)16(23-17)13-21-25(8,9)18(2,3)4/h15-17H,12-13H2,1-11H3/t15-,16+,17?/m0/s1. The molecule has 7 heteroatoms. The van der Waals surface area contributed by atoms with Gasteiger partial charge in [0.25, 0.3) is 0 Å². The van der Waals surface area contributed by atoms with Crippen LogP contribution in [0.1, 0.15) is 54.9 Å². The fourth-order valence-corrected chi connectivity index (χ4v) is 4.65. The van der Waals surface area contributed by atoms with E-state index in [4.69, 9.17) is 18.3 Å². The lowest BCUT2D eigenvalue weighted by Gasteiger charge is -2.40. The maximum absolute atomic E-state index is 11.3. The van der Waals surface area contributed by atoms with E-state index in [0.717, 1.165) is 0 Å². The third kappa shape index (κ3) is 6.16. The first-order valence-corrected chi connectivity index (χ1v) is 15.4. The van der Waals surface area contributed by atoms with Gasteiger partial charge in [0.1, 0.15) is 6.10 Å². The van der Waals surface area contributed by atoms with E-state index < -0.39 is 22.9 Å². The van der Waals surface area contributed by atoms with Crippen LogP contribution < -0.4 is 0 Å². The number of hydrogen-bond donors (Lipinski definition) is 0. The molecule has 1 heterocycles. The molecule has 0 aromatic heterocycles. The van der Waals surface area contributed by atoms with Crippen molar-refractivity contribution in [3.05, 3.63) is 0 Å². The largest absolute Gasteiger partial charge is 0.436 e. The van der Waals surface area contributed by atoms with Crippen molar-refractivity contribution in [3.63, 3.8) is 0 Å². The summed E-state index contributed by atoms with van der Waals surface area (Å²) >= 11 is 0. The van der Waals surface area contributed by atoms with E-state index >= 15 is 0 Å². The Hall–Kier alpha value is -0.216. The van der Waals surface area contributed by atoms with Gasteiger partial charge in [-0.15, -0.1) is 0 Å². The van der Waals surface area contributed by atoms with Crippen molar-refractivity contribution in [1.82, 2.24) is 0 Å². The molecule has 3 atom stereocenters. The molecule has 1 aliphatic rings. The van der Waals surface area contributed by atoms with E-state index in [1.54, 1.807) is 0 Å². The highest BCUT2D eigenvalue weighted by molar-refractivity contribution is 6.74. The minimum Gasteiger partial charge on any atom is -0.436 e. The SMILES string of the molecule is CC(=O)OC1C[C@H](O[Si](C)(C)C(C)(C)C)[C@@H](CO[Si](C)(C)C(C)(C)C)O1. The van der Waals surface area contributed by atoms with E-state index in [0.29, 0.717) is 13.0 Å². The van der Waals surface area contributed by atoms with E-state index in [1.165, 1.54) is 6.92 Å². The smallest absolute Gasteiger partial charge is 0.304 e. The van der Waals surface area contributed by atoms with Crippen LogP contribution in [0.5, 0.6) is 0 Å². The number of ether oxygens (including phenoxy) is 2. The predicted octanol–water partition coefficient (Wildman–Crippen LogP) is 5.08. The van der Waals surface area contributed by atoms with Crippen LogP contribution in [0.25, 0.3) is 0 Å². The van der Waals surface area contributed by atoms with Crippen molar-refractivity contribution >= 4 is 22.6 Å². The van der Waals surface area contributed by atoms with Crippen molar-refractivity contribution in [2.45, 2.75) is 110 Å². The maximum atomic E-state index is 11.3. The first-order valence-electron chi connectivity index (χ1n) is 9.61. The summed E-state index contributed by atoms with van der Waals surface area (Å²) in [6.45, 7) is 24.2. The van der Waals surface area contributed by atoms with Gasteiger partial charge in [-0.1, -0.05) is 41.5 Å². The van der Waals surface area contributed by atoms with Crippen LogP contribution in [0, 0.1) is 0 Å². The predicted molar refractivity (Wildman–Crippen MR) is 110 cm³/mol. The molecular weight excluding hydrogens is 364 g/mol. The molecule has 1 unspecified atom stereocenters. The molecule has 0 spiro atoms. The summed E-state index contributed by atoms with van der Waals surface area (Å²) in [7, 11) is -3.84. The van der Waals surface area contributed by atoms with Gasteiger partial charge in [-0.05, 0) is 36.3 Å². The average Bonchev–Trinajstić information content (AvgIpc) is 2.74. The van der Waals surface area contributed by atoms with Gasteiger partial charge >= 0.3 is 5.97 Å². The fourth-order valence-electron chi connectivity index (χ4n) is 2.27. The first kappa shape index (κ1) is 23.8. The Morgan fingerprint density at radius 2 is 1.50 bits per heavy atom. The highest BCUT2D eigenvalue weighted by Crippen LogP contribution is 2.41. The van der Waals surface area contributed by atoms with Gasteiger partial charge in [0, 0.05) is 13.3 Å². The van der Waals surface area contributed by atoms with Crippen molar-refractivity contribution < 1.29 is 23.1 Å². The Labute approximate surface area is 162 Å². The minimum atomic E-state index is -1.96. The van der Waals surface area contributed by atoms with Crippen molar-refractivity contribution in [2.24, 2.45) is 0 Å². The van der Waals surface area contributed by atoms with Crippen LogP contribution in [0.2, 0.25) is 36.3 Å². The number of hydrogen-bond acceptors (Lipinski definition) is 5. The topological polar surface area (TPSA) is 54.0 Å². The van der Waals surface area contributed by atoms with Crippen LogP contribution in [-0.2, 0) is 23.1 Å². The minimum absolute atomic E-state index is 0.106. The zero-order valence-corrected chi connectivity index (χ0v) is 20.7. The second-order valence-electron chi connectivity index (χ2n) is 10.4. The summed E-state index contributed by atoms with van der Waals surface area (Å²) in [5, 5.41) is 0.244. The van der Waals surface area contributed by atoms with E-state index in [2.05, 4.69) is 67.7 Å². The molecule has 0 aromatic rings. The highest BCUT2D eigenvalue weighted by Gasteiger charge is 2.46. The van der Waals surface area contributed by atoms with Gasteiger partial charge in [-0.3, -0.25) is 4.79 Å². The van der Waals surface area contributed by atoms with Gasteiger partial charge in [0.15, 0.2) is 16.6 Å². The number of carbonyl (C=O) groups is 1. The first-order chi connectivity index (χ1) is 11.5. The quantitative estimate of drug-likeness (QED) is 0.456. The summed E-state index contributed by atoms with van der Waals surface area (Å²) in [5.41, 5.74) is 0. The molecule has 0 N–H and O–H groups in total. The third-order valence-electron chi connectivity index (χ3n) is 6.13. The van der Waals surface area contributed by atoms with Crippen LogP contribution in [0.15, 0.2) is 0 Å². The summed E-state index contributed by atoms with van der Waals surface area (Å²) in [4.78, 5) is 11.3. The molecular formula is C19H40O5Si2. The van der Waals surface area contributed by atoms with Gasteiger partial charge in [-0.25, -0.2) is 0 Å². The molecule has 1 aliphatic heterocycles. The second kappa shape index (κ2) is 8.03. The van der Waals surface area contributed by atoms with Gasteiger partial charge in [0.2, 0.25) is 6.29 Å². The molecule has 0 amide bonds. The summed E-state index contributed by atoms with van der Waals surface area (Å²) in [6.07, 6.45) is -0.291. The van der Waals surface area contributed by atoms with E-state index in [9.17, 15) is 4.79 Å². The lowest BCUT2D eigenvalue weighted by Crippen LogP contribution is -2.48. The average molecular weight is 405 g/mol. The molecule has 0 radical (unpaired) electrons. The lowest BCUT2D eigenvalue weighted by molar-refractivity contribution is -0.174. The van der Waals surface area contributed by atoms with Crippen molar-refractivity contribution in [2.75, 3.05) is 6.61 Å². The van der Waals surface area contributed by atoms with Crippen LogP contribution in [0.3, 0.4) is 0 Å².